The molecule has 4 heteroatoms. The number of nitrogens with one attached hydrogen (secondary N) is 1. The highest BCUT2D eigenvalue weighted by Gasteiger charge is 2.06. The van der Waals surface area contributed by atoms with E-state index in [1.165, 1.54) is 0 Å². The van der Waals surface area contributed by atoms with E-state index in [0.717, 1.165) is 12.0 Å². The lowest BCUT2D eigenvalue weighted by molar-refractivity contribution is 0.238. The van der Waals surface area contributed by atoms with Crippen molar-refractivity contribution in [3.05, 3.63) is 23.8 Å². The van der Waals surface area contributed by atoms with Crippen LogP contribution in [0.15, 0.2) is 18.2 Å². The van der Waals surface area contributed by atoms with Crippen molar-refractivity contribution in [1.29, 1.82) is 0 Å². The van der Waals surface area contributed by atoms with Crippen molar-refractivity contribution in [1.82, 2.24) is 5.32 Å². The Hall–Kier alpha value is -1.26. The SMILES string of the molecule is CCOc1cc(CN[C@H](CC)CO)ccc1O. The average molecular weight is 239 g/mol. The molecular formula is C13H21NO3. The number of hydrogen-bond donors (Lipinski definition) is 3. The fraction of sp³-hybridized carbons (Fsp3) is 0.538. The number of aliphatic hydroxyl groups is 1. The number of benzene rings is 1. The van der Waals surface area contributed by atoms with Crippen molar-refractivity contribution in [2.75, 3.05) is 13.2 Å². The van der Waals surface area contributed by atoms with Crippen molar-refractivity contribution < 1.29 is 14.9 Å². The molecule has 1 atom stereocenters. The predicted molar refractivity (Wildman–Crippen MR) is 67.3 cm³/mol. The van der Waals surface area contributed by atoms with Gasteiger partial charge in [0.1, 0.15) is 0 Å². The molecule has 0 heterocycles. The molecule has 0 fully saturated rings. The highest BCUT2D eigenvalue weighted by atomic mass is 16.5. The molecule has 0 aliphatic heterocycles. The molecule has 0 saturated carbocycles. The van der Waals surface area contributed by atoms with Gasteiger partial charge in [0, 0.05) is 12.6 Å². The third-order valence-corrected chi connectivity index (χ3v) is 2.63. The molecule has 0 aliphatic carbocycles. The standard InChI is InChI=1S/C13H21NO3/c1-3-11(9-15)14-8-10-5-6-12(16)13(7-10)17-4-2/h5-7,11,14-16H,3-4,8-9H2,1-2H3/t11-/m1/s1. The van der Waals surface area contributed by atoms with Gasteiger partial charge in [-0.1, -0.05) is 13.0 Å². The van der Waals surface area contributed by atoms with Crippen LogP contribution in [0.5, 0.6) is 11.5 Å². The Labute approximate surface area is 102 Å². The van der Waals surface area contributed by atoms with E-state index in [2.05, 4.69) is 5.32 Å². The number of phenols is 1. The van der Waals surface area contributed by atoms with E-state index in [4.69, 9.17) is 9.84 Å². The lowest BCUT2D eigenvalue weighted by Crippen LogP contribution is -2.31. The van der Waals surface area contributed by atoms with Gasteiger partial charge in [-0.15, -0.1) is 0 Å². The molecule has 0 aliphatic rings. The molecular weight excluding hydrogens is 218 g/mol. The first kappa shape index (κ1) is 13.8. The monoisotopic (exact) mass is 239 g/mol. The van der Waals surface area contributed by atoms with Gasteiger partial charge in [-0.05, 0) is 31.0 Å². The summed E-state index contributed by atoms with van der Waals surface area (Å²) in [7, 11) is 0. The lowest BCUT2D eigenvalue weighted by atomic mass is 10.1. The van der Waals surface area contributed by atoms with Crippen LogP contribution in [0.25, 0.3) is 0 Å². The smallest absolute Gasteiger partial charge is 0.161 e. The topological polar surface area (TPSA) is 61.7 Å². The minimum atomic E-state index is 0.111. The van der Waals surface area contributed by atoms with Crippen molar-refractivity contribution in [3.63, 3.8) is 0 Å². The molecule has 0 spiro atoms. The van der Waals surface area contributed by atoms with Gasteiger partial charge in [-0.3, -0.25) is 0 Å². The van der Waals surface area contributed by atoms with Gasteiger partial charge in [0.2, 0.25) is 0 Å². The van der Waals surface area contributed by atoms with Crippen LogP contribution in [0.4, 0.5) is 0 Å². The number of aliphatic hydroxyl groups excluding tert-OH is 1. The number of rotatable bonds is 7. The second-order valence-corrected chi connectivity index (χ2v) is 3.90. The van der Waals surface area contributed by atoms with Gasteiger partial charge in [-0.25, -0.2) is 0 Å². The second-order valence-electron chi connectivity index (χ2n) is 3.90. The molecule has 4 nitrogen and oxygen atoms in total. The molecule has 0 saturated heterocycles. The van der Waals surface area contributed by atoms with E-state index >= 15 is 0 Å². The number of aromatic hydroxyl groups is 1. The van der Waals surface area contributed by atoms with Crippen LogP contribution in [0.2, 0.25) is 0 Å². The van der Waals surface area contributed by atoms with Crippen LogP contribution in [0.1, 0.15) is 25.8 Å². The summed E-state index contributed by atoms with van der Waals surface area (Å²) in [6.45, 7) is 5.21. The highest BCUT2D eigenvalue weighted by molar-refractivity contribution is 5.41. The Morgan fingerprint density at radius 1 is 1.35 bits per heavy atom. The largest absolute Gasteiger partial charge is 0.504 e. The summed E-state index contributed by atoms with van der Waals surface area (Å²) in [6, 6.07) is 5.40. The summed E-state index contributed by atoms with van der Waals surface area (Å²) >= 11 is 0. The summed E-state index contributed by atoms with van der Waals surface area (Å²) in [5, 5.41) is 21.8. The molecule has 17 heavy (non-hydrogen) atoms. The third-order valence-electron chi connectivity index (χ3n) is 2.63. The minimum absolute atomic E-state index is 0.111. The van der Waals surface area contributed by atoms with Gasteiger partial charge < -0.3 is 20.3 Å². The van der Waals surface area contributed by atoms with E-state index in [1.807, 2.05) is 26.0 Å². The first-order chi connectivity index (χ1) is 8.21. The maximum Gasteiger partial charge on any atom is 0.161 e. The Morgan fingerprint density at radius 2 is 2.12 bits per heavy atom. The summed E-state index contributed by atoms with van der Waals surface area (Å²) in [5.74, 6) is 0.661. The molecule has 1 aromatic rings. The zero-order valence-electron chi connectivity index (χ0n) is 10.4. The maximum absolute atomic E-state index is 9.55. The zero-order chi connectivity index (χ0) is 12.7. The van der Waals surface area contributed by atoms with Gasteiger partial charge in [0.15, 0.2) is 11.5 Å². The summed E-state index contributed by atoms with van der Waals surface area (Å²) < 4.78 is 5.31. The fourth-order valence-corrected chi connectivity index (χ4v) is 1.54. The lowest BCUT2D eigenvalue weighted by Gasteiger charge is -2.14. The molecule has 0 unspecified atom stereocenters. The molecule has 3 N–H and O–H groups in total. The molecule has 1 rings (SSSR count). The Morgan fingerprint density at radius 3 is 2.71 bits per heavy atom. The Bertz CT molecular complexity index is 337. The van der Waals surface area contributed by atoms with Crippen LogP contribution in [0, 0.1) is 0 Å². The quantitative estimate of drug-likeness (QED) is 0.677. The number of ether oxygens (including phenoxy) is 1. The van der Waals surface area contributed by atoms with Crippen molar-refractivity contribution >= 4 is 0 Å². The molecule has 0 amide bonds. The maximum atomic E-state index is 9.55. The summed E-state index contributed by atoms with van der Waals surface area (Å²) in [4.78, 5) is 0. The van der Waals surface area contributed by atoms with Crippen LogP contribution in [-0.4, -0.2) is 29.5 Å². The molecule has 0 bridgehead atoms. The molecule has 0 radical (unpaired) electrons. The minimum Gasteiger partial charge on any atom is -0.504 e. The van der Waals surface area contributed by atoms with Crippen LogP contribution in [-0.2, 0) is 6.54 Å². The number of phenolic OH excluding ortho intramolecular Hbond substituents is 1. The van der Waals surface area contributed by atoms with Gasteiger partial charge in [0.05, 0.1) is 13.2 Å². The zero-order valence-corrected chi connectivity index (χ0v) is 10.4. The van der Waals surface area contributed by atoms with E-state index < -0.39 is 0 Å². The van der Waals surface area contributed by atoms with E-state index in [0.29, 0.717) is 18.9 Å². The van der Waals surface area contributed by atoms with Crippen molar-refractivity contribution in [3.8, 4) is 11.5 Å². The summed E-state index contributed by atoms with van der Waals surface area (Å²) in [5.41, 5.74) is 1.03. The molecule has 96 valence electrons. The second kappa shape index (κ2) is 7.14. The first-order valence-corrected chi connectivity index (χ1v) is 6.00. The number of hydrogen-bond acceptors (Lipinski definition) is 4. The van der Waals surface area contributed by atoms with Crippen LogP contribution >= 0.6 is 0 Å². The first-order valence-electron chi connectivity index (χ1n) is 6.00. The van der Waals surface area contributed by atoms with Crippen molar-refractivity contribution in [2.45, 2.75) is 32.9 Å². The van der Waals surface area contributed by atoms with Gasteiger partial charge in [-0.2, -0.15) is 0 Å². The average Bonchev–Trinajstić information content (AvgIpc) is 2.34. The van der Waals surface area contributed by atoms with E-state index in [-0.39, 0.29) is 18.4 Å². The van der Waals surface area contributed by atoms with Gasteiger partial charge in [0.25, 0.3) is 0 Å². The van der Waals surface area contributed by atoms with Crippen molar-refractivity contribution in [2.24, 2.45) is 0 Å². The normalized spacial score (nSPS) is 12.4. The molecule has 1 aromatic carbocycles. The Balaban J connectivity index is 2.62. The van der Waals surface area contributed by atoms with E-state index in [1.54, 1.807) is 6.07 Å². The van der Waals surface area contributed by atoms with Crippen LogP contribution in [0.3, 0.4) is 0 Å². The highest BCUT2D eigenvalue weighted by Crippen LogP contribution is 2.26. The van der Waals surface area contributed by atoms with E-state index in [9.17, 15) is 5.11 Å². The third kappa shape index (κ3) is 4.24. The Kier molecular flexibility index (Phi) is 5.80. The van der Waals surface area contributed by atoms with Crippen LogP contribution < -0.4 is 10.1 Å². The fourth-order valence-electron chi connectivity index (χ4n) is 1.54. The predicted octanol–water partition coefficient (Wildman–Crippen LogP) is 1.65. The summed E-state index contributed by atoms with van der Waals surface area (Å²) in [6.07, 6.45) is 0.882. The molecule has 0 aromatic heterocycles. The van der Waals surface area contributed by atoms with Gasteiger partial charge >= 0.3 is 0 Å².